The summed E-state index contributed by atoms with van der Waals surface area (Å²) in [5.41, 5.74) is 7.53. The van der Waals surface area contributed by atoms with E-state index < -0.39 is 0 Å². The summed E-state index contributed by atoms with van der Waals surface area (Å²) in [7, 11) is 1.80. The third kappa shape index (κ3) is 2.18. The topological polar surface area (TPSA) is 59.2 Å². The summed E-state index contributed by atoms with van der Waals surface area (Å²) in [6, 6.07) is 3.84. The van der Waals surface area contributed by atoms with Crippen LogP contribution in [0.25, 0.3) is 10.2 Å². The Morgan fingerprint density at radius 3 is 2.89 bits per heavy atom. The minimum Gasteiger partial charge on any atom is -0.397 e. The SMILES string of the molecule is CCCN(C)C(=O)c1sc2nc(C)ccc2c1N. The summed E-state index contributed by atoms with van der Waals surface area (Å²) in [5, 5.41) is 0.874. The van der Waals surface area contributed by atoms with Gasteiger partial charge in [-0.1, -0.05) is 6.92 Å². The molecule has 0 aliphatic heterocycles. The van der Waals surface area contributed by atoms with Crippen LogP contribution < -0.4 is 5.73 Å². The molecule has 0 saturated heterocycles. The zero-order valence-electron chi connectivity index (χ0n) is 10.9. The smallest absolute Gasteiger partial charge is 0.265 e. The number of anilines is 1. The van der Waals surface area contributed by atoms with Crippen molar-refractivity contribution < 1.29 is 4.79 Å². The molecule has 0 atom stereocenters. The molecule has 2 N–H and O–H groups in total. The summed E-state index contributed by atoms with van der Waals surface area (Å²) in [4.78, 5) is 19.8. The lowest BCUT2D eigenvalue weighted by molar-refractivity contribution is 0.0801. The van der Waals surface area contributed by atoms with E-state index in [0.717, 1.165) is 28.9 Å². The van der Waals surface area contributed by atoms with Crippen LogP contribution in [0.5, 0.6) is 0 Å². The van der Waals surface area contributed by atoms with Crippen LogP contribution in [0.15, 0.2) is 12.1 Å². The second-order valence-corrected chi connectivity index (χ2v) is 5.38. The number of hydrogen-bond acceptors (Lipinski definition) is 4. The Hall–Kier alpha value is -1.62. The van der Waals surface area contributed by atoms with E-state index in [-0.39, 0.29) is 5.91 Å². The van der Waals surface area contributed by atoms with E-state index in [1.807, 2.05) is 26.0 Å². The maximum Gasteiger partial charge on any atom is 0.265 e. The van der Waals surface area contributed by atoms with Crippen molar-refractivity contribution in [1.82, 2.24) is 9.88 Å². The molecule has 1 amide bonds. The van der Waals surface area contributed by atoms with Gasteiger partial charge in [0.1, 0.15) is 9.71 Å². The molecule has 5 heteroatoms. The molecule has 2 aromatic heterocycles. The number of hydrogen-bond donors (Lipinski definition) is 1. The standard InChI is InChI=1S/C13H17N3OS/c1-4-7-16(3)13(17)11-10(14)9-6-5-8(2)15-12(9)18-11/h5-6H,4,7,14H2,1-3H3. The van der Waals surface area contributed by atoms with Crippen LogP contribution in [-0.4, -0.2) is 29.4 Å². The van der Waals surface area contributed by atoms with E-state index in [2.05, 4.69) is 4.98 Å². The van der Waals surface area contributed by atoms with Gasteiger partial charge < -0.3 is 10.6 Å². The van der Waals surface area contributed by atoms with Crippen molar-refractivity contribution >= 4 is 33.1 Å². The number of aromatic nitrogens is 1. The Morgan fingerprint density at radius 1 is 1.50 bits per heavy atom. The first kappa shape index (κ1) is 12.8. The Bertz CT molecular complexity index is 591. The van der Waals surface area contributed by atoms with Crippen molar-refractivity contribution in [2.75, 3.05) is 19.3 Å². The quantitative estimate of drug-likeness (QED) is 0.926. The maximum absolute atomic E-state index is 12.2. The van der Waals surface area contributed by atoms with Crippen LogP contribution in [0.3, 0.4) is 0 Å². The molecule has 0 saturated carbocycles. The molecule has 0 unspecified atom stereocenters. The fourth-order valence-electron chi connectivity index (χ4n) is 1.86. The van der Waals surface area contributed by atoms with E-state index in [9.17, 15) is 4.79 Å². The molecule has 2 aromatic rings. The molecule has 2 rings (SSSR count). The third-order valence-electron chi connectivity index (χ3n) is 2.83. The fraction of sp³-hybridized carbons (Fsp3) is 0.385. The molecule has 0 bridgehead atoms. The highest BCUT2D eigenvalue weighted by molar-refractivity contribution is 7.21. The molecule has 0 fully saturated rings. The minimum atomic E-state index is -0.0185. The van der Waals surface area contributed by atoms with E-state index >= 15 is 0 Å². The molecule has 18 heavy (non-hydrogen) atoms. The molecule has 0 spiro atoms. The van der Waals surface area contributed by atoms with E-state index in [0.29, 0.717) is 10.6 Å². The second kappa shape index (κ2) is 4.94. The van der Waals surface area contributed by atoms with Crippen LogP contribution in [0, 0.1) is 6.92 Å². The summed E-state index contributed by atoms with van der Waals surface area (Å²) < 4.78 is 0. The maximum atomic E-state index is 12.2. The molecule has 96 valence electrons. The van der Waals surface area contributed by atoms with Gasteiger partial charge in [-0.25, -0.2) is 4.98 Å². The summed E-state index contributed by atoms with van der Waals surface area (Å²) in [6.07, 6.45) is 0.935. The van der Waals surface area contributed by atoms with Gasteiger partial charge in [-0.3, -0.25) is 4.79 Å². The Kier molecular flexibility index (Phi) is 3.52. The lowest BCUT2D eigenvalue weighted by Gasteiger charge is -2.15. The lowest BCUT2D eigenvalue weighted by Crippen LogP contribution is -2.27. The van der Waals surface area contributed by atoms with Gasteiger partial charge in [-0.05, 0) is 25.5 Å². The van der Waals surface area contributed by atoms with Gasteiger partial charge in [0, 0.05) is 24.7 Å². The molecular formula is C13H17N3OS. The highest BCUT2D eigenvalue weighted by atomic mass is 32.1. The number of thiophene rings is 1. The molecule has 0 aliphatic carbocycles. The molecular weight excluding hydrogens is 246 g/mol. The number of nitrogens with zero attached hydrogens (tertiary/aromatic N) is 2. The second-order valence-electron chi connectivity index (χ2n) is 4.38. The van der Waals surface area contributed by atoms with Crippen molar-refractivity contribution in [1.29, 1.82) is 0 Å². The number of amides is 1. The van der Waals surface area contributed by atoms with E-state index in [4.69, 9.17) is 5.73 Å². The summed E-state index contributed by atoms with van der Waals surface area (Å²) in [5.74, 6) is -0.0185. The highest BCUT2D eigenvalue weighted by Crippen LogP contribution is 2.33. The van der Waals surface area contributed by atoms with Crippen molar-refractivity contribution in [2.45, 2.75) is 20.3 Å². The first-order valence-corrected chi connectivity index (χ1v) is 6.77. The van der Waals surface area contributed by atoms with Gasteiger partial charge in [0.25, 0.3) is 5.91 Å². The predicted octanol–water partition coefficient (Wildman–Crippen LogP) is 2.67. The van der Waals surface area contributed by atoms with Gasteiger partial charge in [-0.2, -0.15) is 0 Å². The summed E-state index contributed by atoms with van der Waals surface area (Å²) >= 11 is 1.37. The number of nitrogens with two attached hydrogens (primary N) is 1. The van der Waals surface area contributed by atoms with Gasteiger partial charge in [0.15, 0.2) is 0 Å². The average Bonchev–Trinajstić information content (AvgIpc) is 2.65. The normalized spacial score (nSPS) is 10.8. The third-order valence-corrected chi connectivity index (χ3v) is 3.94. The first-order chi connectivity index (χ1) is 8.54. The van der Waals surface area contributed by atoms with E-state index in [1.165, 1.54) is 11.3 Å². The van der Waals surface area contributed by atoms with Crippen molar-refractivity contribution in [3.63, 3.8) is 0 Å². The average molecular weight is 263 g/mol. The molecule has 0 aromatic carbocycles. The Morgan fingerprint density at radius 2 is 2.22 bits per heavy atom. The van der Waals surface area contributed by atoms with Crippen molar-refractivity contribution in [2.24, 2.45) is 0 Å². The molecule has 0 aliphatic rings. The Balaban J connectivity index is 2.45. The summed E-state index contributed by atoms with van der Waals surface area (Å²) in [6.45, 7) is 4.71. The van der Waals surface area contributed by atoms with Crippen LogP contribution in [0.1, 0.15) is 28.7 Å². The van der Waals surface area contributed by atoms with Crippen LogP contribution in [0.2, 0.25) is 0 Å². The van der Waals surface area contributed by atoms with E-state index in [1.54, 1.807) is 11.9 Å². The van der Waals surface area contributed by atoms with Gasteiger partial charge >= 0.3 is 0 Å². The van der Waals surface area contributed by atoms with Crippen LogP contribution >= 0.6 is 11.3 Å². The van der Waals surface area contributed by atoms with Crippen molar-refractivity contribution in [3.8, 4) is 0 Å². The number of nitrogen functional groups attached to an aromatic ring is 1. The molecule has 4 nitrogen and oxygen atoms in total. The van der Waals surface area contributed by atoms with Crippen molar-refractivity contribution in [3.05, 3.63) is 22.7 Å². The number of carbonyl (C=O) groups excluding carboxylic acids is 1. The Labute approximate surface area is 110 Å². The lowest BCUT2D eigenvalue weighted by atomic mass is 10.2. The molecule has 2 heterocycles. The monoisotopic (exact) mass is 263 g/mol. The number of aryl methyl sites for hydroxylation is 1. The first-order valence-electron chi connectivity index (χ1n) is 5.95. The van der Waals surface area contributed by atoms with Gasteiger partial charge in [-0.15, -0.1) is 11.3 Å². The highest BCUT2D eigenvalue weighted by Gasteiger charge is 2.19. The predicted molar refractivity (Wildman–Crippen MR) is 76.0 cm³/mol. The number of rotatable bonds is 3. The van der Waals surface area contributed by atoms with Crippen LogP contribution in [0.4, 0.5) is 5.69 Å². The van der Waals surface area contributed by atoms with Gasteiger partial charge in [0.05, 0.1) is 5.69 Å². The number of carbonyl (C=O) groups is 1. The number of pyridine rings is 1. The zero-order valence-corrected chi connectivity index (χ0v) is 11.7. The van der Waals surface area contributed by atoms with Gasteiger partial charge in [0.2, 0.25) is 0 Å². The fourth-order valence-corrected chi connectivity index (χ4v) is 2.99. The zero-order chi connectivity index (χ0) is 13.3. The number of fused-ring (bicyclic) bond motifs is 1. The largest absolute Gasteiger partial charge is 0.397 e. The van der Waals surface area contributed by atoms with Crippen LogP contribution in [-0.2, 0) is 0 Å². The minimum absolute atomic E-state index is 0.0185. The molecule has 0 radical (unpaired) electrons.